The highest BCUT2D eigenvalue weighted by Gasteiger charge is 2.27. The van der Waals surface area contributed by atoms with E-state index < -0.39 is 0 Å². The number of aromatic amines is 1. The molecule has 23 heavy (non-hydrogen) atoms. The standard InChI is InChI=1S/C17H21N3O2.ClH/c1-17(7-4-8-18-10-17)11-19-16(22)13-9-15(21)20-14-6-3-2-5-12(13)14;/h2-3,5-6,9,18H,4,7-8,10-11H2,1H3,(H,19,22)(H,20,21);1H. The van der Waals surface area contributed by atoms with E-state index in [4.69, 9.17) is 0 Å². The number of fused-ring (bicyclic) bond motifs is 1. The van der Waals surface area contributed by atoms with E-state index in [-0.39, 0.29) is 29.3 Å². The molecule has 1 unspecified atom stereocenters. The van der Waals surface area contributed by atoms with Gasteiger partial charge in [0, 0.05) is 30.1 Å². The number of carbonyl (C=O) groups is 1. The molecule has 124 valence electrons. The molecule has 1 amide bonds. The van der Waals surface area contributed by atoms with Crippen LogP contribution in [0.4, 0.5) is 0 Å². The maximum absolute atomic E-state index is 12.5. The lowest BCUT2D eigenvalue weighted by molar-refractivity contribution is 0.0926. The molecule has 2 aromatic rings. The number of H-pyrrole nitrogens is 1. The summed E-state index contributed by atoms with van der Waals surface area (Å²) in [5.41, 5.74) is 0.942. The van der Waals surface area contributed by atoms with Gasteiger partial charge in [-0.05, 0) is 30.9 Å². The fraction of sp³-hybridized carbons (Fsp3) is 0.412. The van der Waals surface area contributed by atoms with E-state index in [1.54, 1.807) is 6.07 Å². The Hall–Kier alpha value is -1.85. The maximum atomic E-state index is 12.5. The number of benzene rings is 1. The summed E-state index contributed by atoms with van der Waals surface area (Å²) in [5, 5.41) is 7.14. The van der Waals surface area contributed by atoms with E-state index in [1.165, 1.54) is 6.07 Å². The molecule has 1 aromatic heterocycles. The lowest BCUT2D eigenvalue weighted by atomic mass is 9.83. The van der Waals surface area contributed by atoms with E-state index in [0.717, 1.165) is 31.3 Å². The fourth-order valence-corrected chi connectivity index (χ4v) is 3.05. The molecule has 1 saturated heterocycles. The second-order valence-corrected chi connectivity index (χ2v) is 6.37. The van der Waals surface area contributed by atoms with E-state index in [9.17, 15) is 9.59 Å². The molecular weight excluding hydrogens is 314 g/mol. The summed E-state index contributed by atoms with van der Waals surface area (Å²) in [4.78, 5) is 27.0. The molecule has 5 nitrogen and oxygen atoms in total. The molecule has 1 aliphatic heterocycles. The minimum Gasteiger partial charge on any atom is -0.351 e. The number of rotatable bonds is 3. The minimum atomic E-state index is -0.255. The van der Waals surface area contributed by atoms with Gasteiger partial charge in [0.1, 0.15) is 0 Å². The van der Waals surface area contributed by atoms with E-state index >= 15 is 0 Å². The van der Waals surface area contributed by atoms with Crippen molar-refractivity contribution in [1.82, 2.24) is 15.6 Å². The molecular formula is C17H22ClN3O2. The van der Waals surface area contributed by atoms with Crippen LogP contribution >= 0.6 is 12.4 Å². The average Bonchev–Trinajstić information content (AvgIpc) is 2.52. The largest absolute Gasteiger partial charge is 0.351 e. The highest BCUT2D eigenvalue weighted by atomic mass is 35.5. The van der Waals surface area contributed by atoms with Gasteiger partial charge in [-0.3, -0.25) is 9.59 Å². The topological polar surface area (TPSA) is 74.0 Å². The lowest BCUT2D eigenvalue weighted by Crippen LogP contribution is -2.45. The third-order valence-corrected chi connectivity index (χ3v) is 4.36. The van der Waals surface area contributed by atoms with Gasteiger partial charge in [0.2, 0.25) is 5.56 Å². The Kier molecular flexibility index (Phi) is 5.44. The van der Waals surface area contributed by atoms with Crippen LogP contribution in [0.2, 0.25) is 0 Å². The molecule has 0 radical (unpaired) electrons. The van der Waals surface area contributed by atoms with E-state index in [2.05, 4.69) is 22.5 Å². The van der Waals surface area contributed by atoms with Crippen LogP contribution in [0, 0.1) is 5.41 Å². The van der Waals surface area contributed by atoms with Gasteiger partial charge < -0.3 is 15.6 Å². The Labute approximate surface area is 141 Å². The van der Waals surface area contributed by atoms with E-state index in [0.29, 0.717) is 17.6 Å². The van der Waals surface area contributed by atoms with Crippen LogP contribution in [-0.4, -0.2) is 30.5 Å². The summed E-state index contributed by atoms with van der Waals surface area (Å²) in [7, 11) is 0. The summed E-state index contributed by atoms with van der Waals surface area (Å²) in [5.74, 6) is -0.186. The number of amides is 1. The van der Waals surface area contributed by atoms with Gasteiger partial charge >= 0.3 is 0 Å². The van der Waals surface area contributed by atoms with Crippen LogP contribution in [0.25, 0.3) is 10.9 Å². The maximum Gasteiger partial charge on any atom is 0.252 e. The van der Waals surface area contributed by atoms with Crippen molar-refractivity contribution in [1.29, 1.82) is 0 Å². The summed E-state index contributed by atoms with van der Waals surface area (Å²) >= 11 is 0. The highest BCUT2D eigenvalue weighted by Crippen LogP contribution is 2.24. The number of para-hydroxylation sites is 1. The van der Waals surface area contributed by atoms with Crippen molar-refractivity contribution >= 4 is 29.2 Å². The normalized spacial score (nSPS) is 20.7. The monoisotopic (exact) mass is 335 g/mol. The first-order valence-corrected chi connectivity index (χ1v) is 7.68. The van der Waals surface area contributed by atoms with Crippen molar-refractivity contribution in [3.63, 3.8) is 0 Å². The molecule has 0 spiro atoms. The second kappa shape index (κ2) is 7.15. The summed E-state index contributed by atoms with van der Waals surface area (Å²) in [6.45, 7) is 4.74. The average molecular weight is 336 g/mol. The fourth-order valence-electron chi connectivity index (χ4n) is 3.05. The molecule has 6 heteroatoms. The van der Waals surface area contributed by atoms with Crippen LogP contribution in [-0.2, 0) is 0 Å². The number of halogens is 1. The first-order chi connectivity index (χ1) is 10.6. The molecule has 0 aliphatic carbocycles. The summed E-state index contributed by atoms with van der Waals surface area (Å²) in [6, 6.07) is 8.74. The second-order valence-electron chi connectivity index (χ2n) is 6.37. The van der Waals surface area contributed by atoms with Crippen molar-refractivity contribution in [2.75, 3.05) is 19.6 Å². The molecule has 3 rings (SSSR count). The minimum absolute atomic E-state index is 0. The molecule has 1 atom stereocenters. The summed E-state index contributed by atoms with van der Waals surface area (Å²) in [6.07, 6.45) is 2.22. The zero-order valence-electron chi connectivity index (χ0n) is 13.1. The predicted molar refractivity (Wildman–Crippen MR) is 94.4 cm³/mol. The third-order valence-electron chi connectivity index (χ3n) is 4.36. The molecule has 0 saturated carbocycles. The smallest absolute Gasteiger partial charge is 0.252 e. The van der Waals surface area contributed by atoms with Gasteiger partial charge in [-0.1, -0.05) is 25.1 Å². The van der Waals surface area contributed by atoms with Crippen LogP contribution < -0.4 is 16.2 Å². The Balaban J connectivity index is 0.00000192. The Morgan fingerprint density at radius 1 is 1.35 bits per heavy atom. The number of nitrogens with one attached hydrogen (secondary N) is 3. The van der Waals surface area contributed by atoms with Crippen molar-refractivity contribution in [2.24, 2.45) is 5.41 Å². The van der Waals surface area contributed by atoms with Crippen LogP contribution in [0.5, 0.6) is 0 Å². The number of hydrogen-bond donors (Lipinski definition) is 3. The number of piperidine rings is 1. The first kappa shape index (κ1) is 17.5. The molecule has 1 fully saturated rings. The van der Waals surface area contributed by atoms with Crippen LogP contribution in [0.1, 0.15) is 30.1 Å². The zero-order chi connectivity index (χ0) is 15.6. The Morgan fingerprint density at radius 3 is 2.87 bits per heavy atom. The summed E-state index contributed by atoms with van der Waals surface area (Å²) < 4.78 is 0. The quantitative estimate of drug-likeness (QED) is 0.804. The molecule has 3 N–H and O–H groups in total. The third kappa shape index (κ3) is 3.92. The van der Waals surface area contributed by atoms with Gasteiger partial charge in [0.25, 0.3) is 5.91 Å². The van der Waals surface area contributed by atoms with Gasteiger partial charge in [-0.15, -0.1) is 12.4 Å². The molecule has 2 heterocycles. The van der Waals surface area contributed by atoms with Gasteiger partial charge in [0.05, 0.1) is 5.56 Å². The van der Waals surface area contributed by atoms with Crippen LogP contribution in [0.3, 0.4) is 0 Å². The van der Waals surface area contributed by atoms with Gasteiger partial charge in [-0.2, -0.15) is 0 Å². The molecule has 0 bridgehead atoms. The zero-order valence-corrected chi connectivity index (χ0v) is 14.0. The van der Waals surface area contributed by atoms with E-state index in [1.807, 2.05) is 18.2 Å². The Morgan fingerprint density at radius 2 is 2.13 bits per heavy atom. The van der Waals surface area contributed by atoms with Crippen LogP contribution in [0.15, 0.2) is 35.1 Å². The lowest BCUT2D eigenvalue weighted by Gasteiger charge is -2.34. The van der Waals surface area contributed by atoms with Crippen molar-refractivity contribution in [3.8, 4) is 0 Å². The number of hydrogen-bond acceptors (Lipinski definition) is 3. The SMILES string of the molecule is CC1(CNC(=O)c2cc(=O)[nH]c3ccccc23)CCCNC1.Cl. The molecule has 1 aromatic carbocycles. The Bertz CT molecular complexity index is 751. The first-order valence-electron chi connectivity index (χ1n) is 7.68. The van der Waals surface area contributed by atoms with Crippen molar-refractivity contribution in [2.45, 2.75) is 19.8 Å². The molecule has 1 aliphatic rings. The van der Waals surface area contributed by atoms with Crippen molar-refractivity contribution < 1.29 is 4.79 Å². The number of aromatic nitrogens is 1. The number of pyridine rings is 1. The predicted octanol–water partition coefficient (Wildman–Crippen LogP) is 2.07. The highest BCUT2D eigenvalue weighted by molar-refractivity contribution is 6.05. The number of carbonyl (C=O) groups excluding carboxylic acids is 1. The van der Waals surface area contributed by atoms with Crippen molar-refractivity contribution in [3.05, 3.63) is 46.2 Å². The van der Waals surface area contributed by atoms with Gasteiger partial charge in [0.15, 0.2) is 0 Å². The van der Waals surface area contributed by atoms with Gasteiger partial charge in [-0.25, -0.2) is 0 Å².